The van der Waals surface area contributed by atoms with E-state index in [1.165, 1.54) is 11.3 Å². The fourth-order valence-corrected chi connectivity index (χ4v) is 3.16. The Morgan fingerprint density at radius 1 is 1.36 bits per heavy atom. The van der Waals surface area contributed by atoms with E-state index in [4.69, 9.17) is 0 Å². The molecule has 0 spiro atoms. The van der Waals surface area contributed by atoms with E-state index in [0.29, 0.717) is 18.0 Å². The minimum Gasteiger partial charge on any atom is -0.312 e. The van der Waals surface area contributed by atoms with E-state index in [1.807, 2.05) is 31.2 Å². The summed E-state index contributed by atoms with van der Waals surface area (Å²) >= 11 is 1.46. The standard InChI is InChI=1S/C16H17N3O2S/c1-11-10-17-16(22-11)18-14(20)9-12-4-6-13(7-5-12)19-8-2-3-15(19)21/h4-7,10H,2-3,8-9H2,1H3,(H,17,18,20). The summed E-state index contributed by atoms with van der Waals surface area (Å²) in [4.78, 5) is 30.6. The van der Waals surface area contributed by atoms with Gasteiger partial charge < -0.3 is 10.2 Å². The molecule has 0 unspecified atom stereocenters. The molecule has 1 fully saturated rings. The highest BCUT2D eigenvalue weighted by Gasteiger charge is 2.21. The minimum atomic E-state index is -0.0839. The second kappa shape index (κ2) is 6.27. The first kappa shape index (κ1) is 14.7. The molecule has 5 nitrogen and oxygen atoms in total. The molecule has 114 valence electrons. The van der Waals surface area contributed by atoms with Gasteiger partial charge in [-0.2, -0.15) is 0 Å². The lowest BCUT2D eigenvalue weighted by molar-refractivity contribution is -0.117. The maximum absolute atomic E-state index is 12.0. The largest absolute Gasteiger partial charge is 0.312 e. The van der Waals surface area contributed by atoms with E-state index in [0.717, 1.165) is 29.1 Å². The molecule has 1 aliphatic heterocycles. The van der Waals surface area contributed by atoms with Gasteiger partial charge in [-0.15, -0.1) is 11.3 Å². The Balaban J connectivity index is 1.61. The van der Waals surface area contributed by atoms with E-state index in [1.54, 1.807) is 11.1 Å². The summed E-state index contributed by atoms with van der Waals surface area (Å²) < 4.78 is 0. The number of hydrogen-bond donors (Lipinski definition) is 1. The summed E-state index contributed by atoms with van der Waals surface area (Å²) in [6.45, 7) is 2.73. The van der Waals surface area contributed by atoms with Gasteiger partial charge in [0.05, 0.1) is 6.42 Å². The molecular weight excluding hydrogens is 298 g/mol. The molecule has 0 bridgehead atoms. The van der Waals surface area contributed by atoms with Crippen LogP contribution in [0.3, 0.4) is 0 Å². The second-order valence-electron chi connectivity index (χ2n) is 5.32. The van der Waals surface area contributed by atoms with Crippen molar-refractivity contribution in [3.8, 4) is 0 Å². The lowest BCUT2D eigenvalue weighted by Crippen LogP contribution is -2.23. The van der Waals surface area contributed by atoms with Crippen LogP contribution in [0.15, 0.2) is 30.5 Å². The van der Waals surface area contributed by atoms with Crippen molar-refractivity contribution in [2.75, 3.05) is 16.8 Å². The van der Waals surface area contributed by atoms with Gasteiger partial charge in [0.2, 0.25) is 11.8 Å². The number of nitrogens with zero attached hydrogens (tertiary/aromatic N) is 2. The number of anilines is 2. The molecule has 1 saturated heterocycles. The van der Waals surface area contributed by atoms with Gasteiger partial charge in [0, 0.05) is 29.7 Å². The Morgan fingerprint density at radius 2 is 2.14 bits per heavy atom. The van der Waals surface area contributed by atoms with Gasteiger partial charge in [0.15, 0.2) is 5.13 Å². The summed E-state index contributed by atoms with van der Waals surface area (Å²) in [6, 6.07) is 7.60. The number of carbonyl (C=O) groups excluding carboxylic acids is 2. The smallest absolute Gasteiger partial charge is 0.230 e. The van der Waals surface area contributed by atoms with Gasteiger partial charge in [0.1, 0.15) is 0 Å². The molecule has 1 aromatic carbocycles. The van der Waals surface area contributed by atoms with E-state index in [9.17, 15) is 9.59 Å². The molecule has 1 aromatic heterocycles. The van der Waals surface area contributed by atoms with Crippen molar-refractivity contribution in [3.63, 3.8) is 0 Å². The highest BCUT2D eigenvalue weighted by atomic mass is 32.1. The van der Waals surface area contributed by atoms with E-state index >= 15 is 0 Å². The zero-order chi connectivity index (χ0) is 15.5. The first-order valence-corrected chi connectivity index (χ1v) is 8.05. The second-order valence-corrected chi connectivity index (χ2v) is 6.55. The summed E-state index contributed by atoms with van der Waals surface area (Å²) in [7, 11) is 0. The minimum absolute atomic E-state index is 0.0839. The van der Waals surface area contributed by atoms with Crippen molar-refractivity contribution in [3.05, 3.63) is 40.9 Å². The monoisotopic (exact) mass is 315 g/mol. The summed E-state index contributed by atoms with van der Waals surface area (Å²) in [6.07, 6.45) is 3.57. The normalized spacial score (nSPS) is 14.4. The molecule has 0 atom stereocenters. The van der Waals surface area contributed by atoms with Crippen LogP contribution in [-0.2, 0) is 16.0 Å². The third-order valence-corrected chi connectivity index (χ3v) is 4.38. The van der Waals surface area contributed by atoms with Crippen molar-refractivity contribution in [1.29, 1.82) is 0 Å². The highest BCUT2D eigenvalue weighted by molar-refractivity contribution is 7.15. The van der Waals surface area contributed by atoms with Crippen LogP contribution in [0, 0.1) is 6.92 Å². The van der Waals surface area contributed by atoms with Crippen LogP contribution in [0.5, 0.6) is 0 Å². The molecular formula is C16H17N3O2S. The molecule has 0 aliphatic carbocycles. The summed E-state index contributed by atoms with van der Waals surface area (Å²) in [5.41, 5.74) is 1.82. The fourth-order valence-electron chi connectivity index (χ4n) is 2.48. The van der Waals surface area contributed by atoms with Gasteiger partial charge >= 0.3 is 0 Å². The zero-order valence-corrected chi connectivity index (χ0v) is 13.2. The van der Waals surface area contributed by atoms with Crippen molar-refractivity contribution < 1.29 is 9.59 Å². The van der Waals surface area contributed by atoms with E-state index in [2.05, 4.69) is 10.3 Å². The number of thiazole rings is 1. The summed E-state index contributed by atoms with van der Waals surface area (Å²) in [5.74, 6) is 0.0870. The van der Waals surface area contributed by atoms with Gasteiger partial charge in [-0.1, -0.05) is 12.1 Å². The molecule has 6 heteroatoms. The Bertz CT molecular complexity index is 694. The van der Waals surface area contributed by atoms with Gasteiger partial charge in [0.25, 0.3) is 0 Å². The Kier molecular flexibility index (Phi) is 4.20. The number of nitrogens with one attached hydrogen (secondary N) is 1. The Hall–Kier alpha value is -2.21. The molecule has 22 heavy (non-hydrogen) atoms. The average Bonchev–Trinajstić information content (AvgIpc) is 3.08. The molecule has 2 aromatic rings. The van der Waals surface area contributed by atoms with Gasteiger partial charge in [-0.25, -0.2) is 4.98 Å². The zero-order valence-electron chi connectivity index (χ0n) is 12.3. The van der Waals surface area contributed by atoms with Crippen LogP contribution >= 0.6 is 11.3 Å². The molecule has 2 heterocycles. The predicted molar refractivity (Wildman–Crippen MR) is 87.2 cm³/mol. The first-order valence-electron chi connectivity index (χ1n) is 7.23. The van der Waals surface area contributed by atoms with Crippen molar-refractivity contribution in [2.24, 2.45) is 0 Å². The third kappa shape index (κ3) is 3.33. The lowest BCUT2D eigenvalue weighted by atomic mass is 10.1. The molecule has 3 rings (SSSR count). The van der Waals surface area contributed by atoms with Crippen molar-refractivity contribution >= 4 is 34.0 Å². The maximum atomic E-state index is 12.0. The average molecular weight is 315 g/mol. The van der Waals surface area contributed by atoms with Gasteiger partial charge in [-0.05, 0) is 31.0 Å². The fraction of sp³-hybridized carbons (Fsp3) is 0.312. The van der Waals surface area contributed by atoms with E-state index in [-0.39, 0.29) is 11.8 Å². The third-order valence-electron chi connectivity index (χ3n) is 3.55. The number of amides is 2. The molecule has 1 N–H and O–H groups in total. The van der Waals surface area contributed by atoms with E-state index < -0.39 is 0 Å². The van der Waals surface area contributed by atoms with Crippen LogP contribution in [-0.4, -0.2) is 23.3 Å². The van der Waals surface area contributed by atoms with Gasteiger partial charge in [-0.3, -0.25) is 9.59 Å². The lowest BCUT2D eigenvalue weighted by Gasteiger charge is -2.15. The number of aromatic nitrogens is 1. The van der Waals surface area contributed by atoms with Crippen LogP contribution in [0.1, 0.15) is 23.3 Å². The number of carbonyl (C=O) groups is 2. The predicted octanol–water partition coefficient (Wildman–Crippen LogP) is 2.76. The number of rotatable bonds is 4. The Labute approximate surface area is 133 Å². The summed E-state index contributed by atoms with van der Waals surface area (Å²) in [5, 5.41) is 3.42. The number of aryl methyl sites for hydroxylation is 1. The van der Waals surface area contributed by atoms with Crippen LogP contribution in [0.2, 0.25) is 0 Å². The van der Waals surface area contributed by atoms with Crippen LogP contribution in [0.4, 0.5) is 10.8 Å². The number of benzene rings is 1. The quantitative estimate of drug-likeness (QED) is 0.943. The highest BCUT2D eigenvalue weighted by Crippen LogP contribution is 2.22. The molecule has 2 amide bonds. The number of hydrogen-bond acceptors (Lipinski definition) is 4. The molecule has 0 saturated carbocycles. The van der Waals surface area contributed by atoms with Crippen molar-refractivity contribution in [1.82, 2.24) is 4.98 Å². The molecule has 1 aliphatic rings. The van der Waals surface area contributed by atoms with Crippen molar-refractivity contribution in [2.45, 2.75) is 26.2 Å². The SMILES string of the molecule is Cc1cnc(NC(=O)Cc2ccc(N3CCCC3=O)cc2)s1. The maximum Gasteiger partial charge on any atom is 0.230 e. The molecule has 0 radical (unpaired) electrons. The van der Waals surface area contributed by atoms with Crippen LogP contribution in [0.25, 0.3) is 0 Å². The van der Waals surface area contributed by atoms with Crippen LogP contribution < -0.4 is 10.2 Å². The first-order chi connectivity index (χ1) is 10.6. The Morgan fingerprint density at radius 3 is 2.73 bits per heavy atom. The topological polar surface area (TPSA) is 62.3 Å².